The minimum atomic E-state index is -0.369. The molecule has 1 heterocycles. The maximum absolute atomic E-state index is 5.75. The number of hydrogen-bond donors (Lipinski definition) is 0. The Hall–Kier alpha value is 0.210. The molecular weight excluding hydrogens is 212 g/mol. The van der Waals surface area contributed by atoms with Crippen LogP contribution in [0.5, 0.6) is 0 Å². The van der Waals surface area contributed by atoms with Crippen LogP contribution in [0.15, 0.2) is 0 Å². The van der Waals surface area contributed by atoms with Gasteiger partial charge in [0.15, 0.2) is 5.79 Å². The van der Waals surface area contributed by atoms with Gasteiger partial charge in [0, 0.05) is 6.42 Å². The summed E-state index contributed by atoms with van der Waals surface area (Å²) in [5.41, 5.74) is 0. The summed E-state index contributed by atoms with van der Waals surface area (Å²) in [7, 11) is 0. The van der Waals surface area contributed by atoms with E-state index < -0.39 is 0 Å². The molecule has 0 N–H and O–H groups in total. The SMILES string of the molecule is CCCCCCCC1(C)OCC(CCl)O1. The van der Waals surface area contributed by atoms with E-state index in [0.717, 1.165) is 6.42 Å². The van der Waals surface area contributed by atoms with Crippen molar-refractivity contribution in [3.8, 4) is 0 Å². The van der Waals surface area contributed by atoms with Gasteiger partial charge in [-0.25, -0.2) is 0 Å². The van der Waals surface area contributed by atoms with Crippen LogP contribution >= 0.6 is 11.6 Å². The first-order valence-electron chi connectivity index (χ1n) is 6.08. The van der Waals surface area contributed by atoms with E-state index in [-0.39, 0.29) is 11.9 Å². The Balaban J connectivity index is 2.10. The van der Waals surface area contributed by atoms with Crippen molar-refractivity contribution >= 4 is 11.6 Å². The van der Waals surface area contributed by atoms with Crippen molar-refractivity contribution in [2.75, 3.05) is 12.5 Å². The van der Waals surface area contributed by atoms with Crippen molar-refractivity contribution in [1.82, 2.24) is 0 Å². The van der Waals surface area contributed by atoms with Crippen LogP contribution in [0.3, 0.4) is 0 Å². The zero-order valence-corrected chi connectivity index (χ0v) is 10.7. The van der Waals surface area contributed by atoms with Crippen LogP contribution in [0.25, 0.3) is 0 Å². The van der Waals surface area contributed by atoms with Crippen LogP contribution in [-0.2, 0) is 9.47 Å². The van der Waals surface area contributed by atoms with Crippen LogP contribution in [-0.4, -0.2) is 24.4 Å². The van der Waals surface area contributed by atoms with Gasteiger partial charge in [-0.1, -0.05) is 32.6 Å². The molecule has 2 unspecified atom stereocenters. The molecule has 3 heteroatoms. The van der Waals surface area contributed by atoms with Crippen LogP contribution in [0, 0.1) is 0 Å². The van der Waals surface area contributed by atoms with Crippen LogP contribution in [0.4, 0.5) is 0 Å². The van der Waals surface area contributed by atoms with E-state index in [0.29, 0.717) is 12.5 Å². The molecule has 1 aliphatic rings. The molecule has 0 aromatic rings. The van der Waals surface area contributed by atoms with Crippen molar-refractivity contribution in [1.29, 1.82) is 0 Å². The van der Waals surface area contributed by atoms with Gasteiger partial charge in [0.25, 0.3) is 0 Å². The van der Waals surface area contributed by atoms with Crippen molar-refractivity contribution < 1.29 is 9.47 Å². The van der Waals surface area contributed by atoms with Gasteiger partial charge in [0.1, 0.15) is 0 Å². The van der Waals surface area contributed by atoms with Gasteiger partial charge >= 0.3 is 0 Å². The number of hydrogen-bond acceptors (Lipinski definition) is 2. The highest BCUT2D eigenvalue weighted by Gasteiger charge is 2.35. The number of ether oxygens (including phenoxy) is 2. The van der Waals surface area contributed by atoms with E-state index in [1.165, 1.54) is 32.1 Å². The van der Waals surface area contributed by atoms with E-state index in [9.17, 15) is 0 Å². The Morgan fingerprint density at radius 2 is 2.00 bits per heavy atom. The van der Waals surface area contributed by atoms with E-state index in [2.05, 4.69) is 6.92 Å². The second kappa shape index (κ2) is 6.72. The monoisotopic (exact) mass is 234 g/mol. The molecule has 0 aliphatic carbocycles. The molecular formula is C12H23ClO2. The Morgan fingerprint density at radius 3 is 2.60 bits per heavy atom. The van der Waals surface area contributed by atoms with E-state index in [1.807, 2.05) is 6.92 Å². The quantitative estimate of drug-likeness (QED) is 0.494. The Labute approximate surface area is 98.3 Å². The average molecular weight is 235 g/mol. The highest BCUT2D eigenvalue weighted by molar-refractivity contribution is 6.18. The summed E-state index contributed by atoms with van der Waals surface area (Å²) in [6.45, 7) is 4.91. The molecule has 15 heavy (non-hydrogen) atoms. The van der Waals surface area contributed by atoms with Crippen molar-refractivity contribution in [3.63, 3.8) is 0 Å². The summed E-state index contributed by atoms with van der Waals surface area (Å²) in [5, 5.41) is 0. The van der Waals surface area contributed by atoms with Crippen molar-refractivity contribution in [2.45, 2.75) is 64.3 Å². The molecule has 1 saturated heterocycles. The lowest BCUT2D eigenvalue weighted by Gasteiger charge is -2.22. The summed E-state index contributed by atoms with van der Waals surface area (Å²) >= 11 is 5.73. The minimum Gasteiger partial charge on any atom is -0.347 e. The molecule has 0 bridgehead atoms. The van der Waals surface area contributed by atoms with Gasteiger partial charge in [0.05, 0.1) is 18.6 Å². The standard InChI is InChI=1S/C12H23ClO2/c1-3-4-5-6-7-8-12(2)14-10-11(9-13)15-12/h11H,3-10H2,1-2H3. The summed E-state index contributed by atoms with van der Waals surface area (Å²) in [6, 6.07) is 0. The fourth-order valence-corrected chi connectivity index (χ4v) is 2.10. The summed E-state index contributed by atoms with van der Waals surface area (Å²) in [6.07, 6.45) is 7.50. The van der Waals surface area contributed by atoms with Crippen molar-refractivity contribution in [3.05, 3.63) is 0 Å². The third kappa shape index (κ3) is 4.71. The lowest BCUT2D eigenvalue weighted by atomic mass is 10.1. The van der Waals surface area contributed by atoms with Crippen LogP contribution in [0.1, 0.15) is 52.4 Å². The highest BCUT2D eigenvalue weighted by atomic mass is 35.5. The molecule has 0 radical (unpaired) electrons. The Kier molecular flexibility index (Phi) is 5.95. The molecule has 0 spiro atoms. The lowest BCUT2D eigenvalue weighted by Crippen LogP contribution is -2.26. The third-order valence-electron chi connectivity index (χ3n) is 2.90. The minimum absolute atomic E-state index is 0.0901. The predicted molar refractivity (Wildman–Crippen MR) is 63.3 cm³/mol. The maximum atomic E-state index is 5.75. The molecule has 0 amide bonds. The Bertz CT molecular complexity index is 175. The first-order chi connectivity index (χ1) is 7.20. The zero-order chi connectivity index (χ0) is 11.1. The zero-order valence-electron chi connectivity index (χ0n) is 9.93. The lowest BCUT2D eigenvalue weighted by molar-refractivity contribution is -0.156. The largest absolute Gasteiger partial charge is 0.347 e. The smallest absolute Gasteiger partial charge is 0.166 e. The van der Waals surface area contributed by atoms with E-state index in [4.69, 9.17) is 21.1 Å². The molecule has 2 atom stereocenters. The van der Waals surface area contributed by atoms with E-state index >= 15 is 0 Å². The second-order valence-electron chi connectivity index (χ2n) is 4.50. The third-order valence-corrected chi connectivity index (χ3v) is 3.24. The normalized spacial score (nSPS) is 31.0. The van der Waals surface area contributed by atoms with Gasteiger partial charge in [-0.15, -0.1) is 11.6 Å². The fourth-order valence-electron chi connectivity index (χ4n) is 1.95. The summed E-state index contributed by atoms with van der Waals surface area (Å²) in [4.78, 5) is 0. The molecule has 0 saturated carbocycles. The van der Waals surface area contributed by atoms with Crippen LogP contribution in [0.2, 0.25) is 0 Å². The van der Waals surface area contributed by atoms with Crippen molar-refractivity contribution in [2.24, 2.45) is 0 Å². The van der Waals surface area contributed by atoms with Gasteiger partial charge in [-0.2, -0.15) is 0 Å². The summed E-state index contributed by atoms with van der Waals surface area (Å²) < 4.78 is 11.4. The number of rotatable bonds is 7. The molecule has 0 aromatic heterocycles. The topological polar surface area (TPSA) is 18.5 Å². The molecule has 1 aliphatic heterocycles. The number of halogens is 1. The molecule has 2 nitrogen and oxygen atoms in total. The fraction of sp³-hybridized carbons (Fsp3) is 1.00. The van der Waals surface area contributed by atoms with Gasteiger partial charge in [-0.3, -0.25) is 0 Å². The first kappa shape index (κ1) is 13.3. The first-order valence-corrected chi connectivity index (χ1v) is 6.61. The number of unbranched alkanes of at least 4 members (excludes halogenated alkanes) is 4. The molecule has 1 fully saturated rings. The molecule has 0 aromatic carbocycles. The van der Waals surface area contributed by atoms with Gasteiger partial charge in [-0.05, 0) is 13.3 Å². The summed E-state index contributed by atoms with van der Waals surface area (Å²) in [5.74, 6) is 0.164. The van der Waals surface area contributed by atoms with Crippen LogP contribution < -0.4 is 0 Å². The number of alkyl halides is 1. The second-order valence-corrected chi connectivity index (χ2v) is 4.81. The predicted octanol–water partition coefficient (Wildman–Crippen LogP) is 3.72. The van der Waals surface area contributed by atoms with E-state index in [1.54, 1.807) is 0 Å². The molecule has 90 valence electrons. The maximum Gasteiger partial charge on any atom is 0.166 e. The van der Waals surface area contributed by atoms with Gasteiger partial charge in [0.2, 0.25) is 0 Å². The Morgan fingerprint density at radius 1 is 1.27 bits per heavy atom. The van der Waals surface area contributed by atoms with Gasteiger partial charge < -0.3 is 9.47 Å². The average Bonchev–Trinajstić information content (AvgIpc) is 2.61. The highest BCUT2D eigenvalue weighted by Crippen LogP contribution is 2.29. The molecule has 1 rings (SSSR count).